The van der Waals surface area contributed by atoms with Crippen molar-refractivity contribution in [1.29, 1.82) is 0 Å². The fourth-order valence-corrected chi connectivity index (χ4v) is 4.60. The van der Waals surface area contributed by atoms with Crippen molar-refractivity contribution in [2.24, 2.45) is 7.05 Å². The van der Waals surface area contributed by atoms with Gasteiger partial charge in [0.1, 0.15) is 10.3 Å². The Hall–Kier alpha value is -3.02. The number of benzene rings is 2. The van der Waals surface area contributed by atoms with E-state index in [0.29, 0.717) is 15.3 Å². The summed E-state index contributed by atoms with van der Waals surface area (Å²) in [5, 5.41) is 2.44. The van der Waals surface area contributed by atoms with Crippen LogP contribution in [0.1, 0.15) is 0 Å². The maximum Gasteiger partial charge on any atom is 0.129 e. The summed E-state index contributed by atoms with van der Waals surface area (Å²) in [6.45, 7) is 0. The van der Waals surface area contributed by atoms with E-state index in [4.69, 9.17) is 46.4 Å². The second-order valence-electron chi connectivity index (χ2n) is 7.90. The molecule has 35 heavy (non-hydrogen) atoms. The van der Waals surface area contributed by atoms with Gasteiger partial charge in [0.2, 0.25) is 0 Å². The normalized spacial score (nSPS) is 11.0. The lowest BCUT2D eigenvalue weighted by atomic mass is 10.1. The van der Waals surface area contributed by atoms with Crippen molar-refractivity contribution in [3.8, 4) is 22.5 Å². The number of aryl methyl sites for hydroxylation is 1. The number of nitrogens with one attached hydrogen (secondary N) is 1. The highest BCUT2D eigenvalue weighted by Crippen LogP contribution is 2.29. The Bertz CT molecular complexity index is 1670. The zero-order valence-electron chi connectivity index (χ0n) is 18.4. The van der Waals surface area contributed by atoms with Gasteiger partial charge in [-0.05, 0) is 71.8 Å². The molecule has 2 aromatic carbocycles. The molecule has 0 unspecified atom stereocenters. The van der Waals surface area contributed by atoms with Crippen LogP contribution < -0.4 is 0 Å². The van der Waals surface area contributed by atoms with Gasteiger partial charge in [0.25, 0.3) is 0 Å². The predicted molar refractivity (Wildman–Crippen MR) is 148 cm³/mol. The largest absolute Gasteiger partial charge is 0.353 e. The minimum absolute atomic E-state index is 0.495. The number of halogens is 4. The van der Waals surface area contributed by atoms with Gasteiger partial charge < -0.3 is 9.55 Å². The van der Waals surface area contributed by atoms with Crippen molar-refractivity contribution in [2.75, 3.05) is 0 Å². The lowest BCUT2D eigenvalue weighted by molar-refractivity contribution is 0.977. The van der Waals surface area contributed by atoms with Crippen LogP contribution in [-0.2, 0) is 7.05 Å². The van der Waals surface area contributed by atoms with Gasteiger partial charge in [0, 0.05) is 22.8 Å². The van der Waals surface area contributed by atoms with Crippen molar-refractivity contribution >= 4 is 68.5 Å². The number of hydrogen-bond donors (Lipinski definition) is 1. The Labute approximate surface area is 222 Å². The van der Waals surface area contributed by atoms with Crippen LogP contribution in [0.25, 0.3) is 44.6 Å². The number of hydrogen-bond acceptors (Lipinski definition) is 2. The lowest BCUT2D eigenvalue weighted by Gasteiger charge is -2.04. The van der Waals surface area contributed by atoms with Crippen LogP contribution in [0.5, 0.6) is 0 Å². The second kappa shape index (κ2) is 9.92. The minimum Gasteiger partial charge on any atom is -0.353 e. The fraction of sp³-hybridized carbons (Fsp3) is 0.0370. The Balaban J connectivity index is 0.000000145. The Kier molecular flexibility index (Phi) is 6.72. The molecule has 0 atom stereocenters. The molecule has 0 saturated heterocycles. The fourth-order valence-electron chi connectivity index (χ4n) is 3.91. The average Bonchev–Trinajstić information content (AvgIpc) is 3.40. The average molecular weight is 540 g/mol. The van der Waals surface area contributed by atoms with Gasteiger partial charge in [-0.3, -0.25) is 0 Å². The van der Waals surface area contributed by atoms with Crippen molar-refractivity contribution in [2.45, 2.75) is 0 Å². The molecule has 0 bridgehead atoms. The summed E-state index contributed by atoms with van der Waals surface area (Å²) in [7, 11) is 2.01. The molecule has 0 amide bonds. The summed E-state index contributed by atoms with van der Waals surface area (Å²) in [6.07, 6.45) is 0. The topological polar surface area (TPSA) is 46.5 Å². The van der Waals surface area contributed by atoms with Crippen molar-refractivity contribution < 1.29 is 0 Å². The molecule has 0 aliphatic heterocycles. The number of nitrogens with zero attached hydrogens (tertiary/aromatic N) is 3. The first kappa shape index (κ1) is 23.7. The van der Waals surface area contributed by atoms with Crippen LogP contribution in [0.15, 0.2) is 84.9 Å². The van der Waals surface area contributed by atoms with E-state index < -0.39 is 0 Å². The molecular weight excluding hydrogens is 522 g/mol. The van der Waals surface area contributed by atoms with Gasteiger partial charge >= 0.3 is 0 Å². The highest BCUT2D eigenvalue weighted by molar-refractivity contribution is 6.31. The first-order valence-electron chi connectivity index (χ1n) is 10.7. The standard InChI is InChI=1S/C14H10Cl2N2.C13H8Cl2N2/c1-18-12-5-6-14(16)17-11(12)8-13(18)9-3-2-4-10(15)7-9;14-9-3-1-2-8(6-9)11-7-12-10(16-11)4-5-13(15)17-12/h2-8H,1H3;1-7,16H. The van der Waals surface area contributed by atoms with E-state index in [0.717, 1.165) is 49.6 Å². The third-order valence-electron chi connectivity index (χ3n) is 5.56. The van der Waals surface area contributed by atoms with E-state index >= 15 is 0 Å². The van der Waals surface area contributed by atoms with E-state index in [-0.39, 0.29) is 0 Å². The SMILES string of the molecule is Clc1cccc(-c2cc3nc(Cl)ccc3[nH]2)c1.Cn1c(-c2cccc(Cl)c2)cc2nc(Cl)ccc21. The van der Waals surface area contributed by atoms with Crippen molar-refractivity contribution in [1.82, 2.24) is 19.5 Å². The maximum atomic E-state index is 6.03. The molecule has 0 saturated carbocycles. The van der Waals surface area contributed by atoms with Crippen LogP contribution in [0.2, 0.25) is 20.4 Å². The summed E-state index contributed by atoms with van der Waals surface area (Å²) in [4.78, 5) is 11.8. The Morgan fingerprint density at radius 3 is 2.00 bits per heavy atom. The van der Waals surface area contributed by atoms with Crippen LogP contribution in [0.4, 0.5) is 0 Å². The summed E-state index contributed by atoms with van der Waals surface area (Å²) in [5.74, 6) is 0. The van der Waals surface area contributed by atoms with E-state index in [1.807, 2.05) is 79.8 Å². The molecule has 4 nitrogen and oxygen atoms in total. The molecule has 8 heteroatoms. The first-order valence-corrected chi connectivity index (χ1v) is 12.2. The first-order chi connectivity index (χ1) is 16.9. The lowest BCUT2D eigenvalue weighted by Crippen LogP contribution is -1.91. The monoisotopic (exact) mass is 538 g/mol. The van der Waals surface area contributed by atoms with Gasteiger partial charge in [-0.25, -0.2) is 9.97 Å². The van der Waals surface area contributed by atoms with Gasteiger partial charge in [0.05, 0.1) is 27.8 Å². The number of aromatic nitrogens is 4. The number of H-pyrrole nitrogens is 1. The Morgan fingerprint density at radius 1 is 0.657 bits per heavy atom. The Morgan fingerprint density at radius 2 is 1.29 bits per heavy atom. The predicted octanol–water partition coefficient (Wildman–Crippen LogP) is 9.08. The highest BCUT2D eigenvalue weighted by atomic mass is 35.5. The van der Waals surface area contributed by atoms with E-state index in [1.165, 1.54) is 0 Å². The van der Waals surface area contributed by atoms with Gasteiger partial charge in [-0.2, -0.15) is 0 Å². The van der Waals surface area contributed by atoms with Crippen molar-refractivity contribution in [3.05, 3.63) is 105 Å². The minimum atomic E-state index is 0.495. The molecule has 0 fully saturated rings. The second-order valence-corrected chi connectivity index (χ2v) is 9.54. The van der Waals surface area contributed by atoms with Crippen LogP contribution >= 0.6 is 46.4 Å². The third-order valence-corrected chi connectivity index (χ3v) is 6.45. The van der Waals surface area contributed by atoms with Crippen LogP contribution in [0.3, 0.4) is 0 Å². The number of fused-ring (bicyclic) bond motifs is 2. The van der Waals surface area contributed by atoms with E-state index in [2.05, 4.69) is 19.5 Å². The number of aromatic amines is 1. The zero-order chi connectivity index (χ0) is 24.5. The zero-order valence-corrected chi connectivity index (χ0v) is 21.5. The van der Waals surface area contributed by atoms with Crippen LogP contribution in [-0.4, -0.2) is 19.5 Å². The molecule has 0 spiro atoms. The third kappa shape index (κ3) is 5.16. The van der Waals surface area contributed by atoms with Gasteiger partial charge in [-0.15, -0.1) is 0 Å². The number of rotatable bonds is 2. The summed E-state index contributed by atoms with van der Waals surface area (Å²) < 4.78 is 2.09. The van der Waals surface area contributed by atoms with E-state index in [1.54, 1.807) is 12.1 Å². The highest BCUT2D eigenvalue weighted by Gasteiger charge is 2.09. The van der Waals surface area contributed by atoms with Crippen LogP contribution in [0, 0.1) is 0 Å². The number of pyridine rings is 2. The van der Waals surface area contributed by atoms with Gasteiger partial charge in [0.15, 0.2) is 0 Å². The summed E-state index contributed by atoms with van der Waals surface area (Å²) >= 11 is 23.8. The van der Waals surface area contributed by atoms with E-state index in [9.17, 15) is 0 Å². The molecule has 6 aromatic rings. The summed E-state index contributed by atoms with van der Waals surface area (Å²) in [6, 6.07) is 26.9. The smallest absolute Gasteiger partial charge is 0.129 e. The molecule has 1 N–H and O–H groups in total. The van der Waals surface area contributed by atoms with Crippen molar-refractivity contribution in [3.63, 3.8) is 0 Å². The summed E-state index contributed by atoms with van der Waals surface area (Å²) in [5.41, 5.74) is 7.91. The molecule has 0 aliphatic carbocycles. The molecule has 6 rings (SSSR count). The molecule has 0 radical (unpaired) electrons. The molecule has 4 heterocycles. The molecule has 174 valence electrons. The molecule has 4 aromatic heterocycles. The van der Waals surface area contributed by atoms with Gasteiger partial charge in [-0.1, -0.05) is 70.7 Å². The molecular formula is C27H18Cl4N4. The maximum absolute atomic E-state index is 6.03. The molecule has 0 aliphatic rings. The quantitative estimate of drug-likeness (QED) is 0.223.